The van der Waals surface area contributed by atoms with Gasteiger partial charge in [-0.1, -0.05) is 12.2 Å². The van der Waals surface area contributed by atoms with Gasteiger partial charge in [0.05, 0.1) is 13.0 Å². The second-order valence-electron chi connectivity index (χ2n) is 2.89. The van der Waals surface area contributed by atoms with E-state index in [4.69, 9.17) is 9.47 Å². The third kappa shape index (κ3) is 5.92. The van der Waals surface area contributed by atoms with Gasteiger partial charge in [0.15, 0.2) is 0 Å². The third-order valence-corrected chi connectivity index (χ3v) is 1.18. The monoisotopic (exact) mass is 172 g/mol. The number of hydrogen-bond donors (Lipinski definition) is 0. The summed E-state index contributed by atoms with van der Waals surface area (Å²) in [5.41, 5.74) is 0.810. The van der Waals surface area contributed by atoms with Gasteiger partial charge in [-0.15, -0.1) is 0 Å². The average molecular weight is 172 g/mol. The molecule has 0 aliphatic rings. The Morgan fingerprint density at radius 3 is 2.58 bits per heavy atom. The smallest absolute Gasteiger partial charge is 0.310 e. The highest BCUT2D eigenvalue weighted by Crippen LogP contribution is 2.00. The lowest BCUT2D eigenvalue weighted by Gasteiger charge is -2.11. The molecule has 0 aliphatic carbocycles. The summed E-state index contributed by atoms with van der Waals surface area (Å²) < 4.78 is 9.79. The van der Waals surface area contributed by atoms with Crippen LogP contribution in [-0.4, -0.2) is 25.8 Å². The molecular formula is C9H16O3. The van der Waals surface area contributed by atoms with Crippen LogP contribution in [0.15, 0.2) is 12.2 Å². The molecule has 3 nitrogen and oxygen atoms in total. The van der Waals surface area contributed by atoms with Crippen LogP contribution in [0.25, 0.3) is 0 Å². The van der Waals surface area contributed by atoms with Gasteiger partial charge in [0.1, 0.15) is 6.10 Å². The average Bonchev–Trinajstić information content (AvgIpc) is 1.84. The lowest BCUT2D eigenvalue weighted by molar-refractivity contribution is -0.149. The molecule has 0 fully saturated rings. The van der Waals surface area contributed by atoms with E-state index >= 15 is 0 Å². The van der Waals surface area contributed by atoms with Gasteiger partial charge in [0.2, 0.25) is 0 Å². The number of esters is 1. The number of carbonyl (C=O) groups is 1. The molecule has 0 heterocycles. The predicted octanol–water partition coefficient (Wildman–Crippen LogP) is 1.53. The van der Waals surface area contributed by atoms with Crippen molar-refractivity contribution in [3.8, 4) is 0 Å². The van der Waals surface area contributed by atoms with Crippen molar-refractivity contribution in [1.82, 2.24) is 0 Å². The number of hydrogen-bond acceptors (Lipinski definition) is 3. The second kappa shape index (κ2) is 5.77. The summed E-state index contributed by atoms with van der Waals surface area (Å²) in [6.45, 7) is 7.63. The minimum atomic E-state index is -0.243. The third-order valence-electron chi connectivity index (χ3n) is 1.18. The highest BCUT2D eigenvalue weighted by molar-refractivity contribution is 5.72. The van der Waals surface area contributed by atoms with Gasteiger partial charge in [-0.3, -0.25) is 4.79 Å². The molecule has 70 valence electrons. The van der Waals surface area contributed by atoms with Crippen molar-refractivity contribution < 1.29 is 14.3 Å². The Kier molecular flexibility index (Phi) is 5.37. The summed E-state index contributed by atoms with van der Waals surface area (Å²) >= 11 is 0. The minimum absolute atomic E-state index is 0.179. The highest BCUT2D eigenvalue weighted by atomic mass is 16.6. The number of ether oxygens (including phenoxy) is 2. The molecule has 0 bridgehead atoms. The van der Waals surface area contributed by atoms with E-state index in [0.717, 1.165) is 5.57 Å². The van der Waals surface area contributed by atoms with E-state index in [1.54, 1.807) is 21.0 Å². The Morgan fingerprint density at radius 2 is 2.17 bits per heavy atom. The van der Waals surface area contributed by atoms with E-state index in [1.807, 2.05) is 0 Å². The highest BCUT2D eigenvalue weighted by Gasteiger charge is 2.08. The SMILES string of the molecule is C=C(C)CC(=O)OC(C)COC. The first-order chi connectivity index (χ1) is 5.56. The minimum Gasteiger partial charge on any atom is -0.460 e. The standard InChI is InChI=1S/C9H16O3/c1-7(2)5-9(10)12-8(3)6-11-4/h8H,1,5-6H2,2-4H3. The van der Waals surface area contributed by atoms with Gasteiger partial charge in [-0.25, -0.2) is 0 Å². The van der Waals surface area contributed by atoms with Crippen LogP contribution < -0.4 is 0 Å². The van der Waals surface area contributed by atoms with Crippen molar-refractivity contribution in [3.63, 3.8) is 0 Å². The van der Waals surface area contributed by atoms with Crippen LogP contribution in [0.4, 0.5) is 0 Å². The molecule has 0 aliphatic heterocycles. The predicted molar refractivity (Wildman–Crippen MR) is 46.9 cm³/mol. The quantitative estimate of drug-likeness (QED) is 0.466. The fourth-order valence-corrected chi connectivity index (χ4v) is 0.781. The number of methoxy groups -OCH3 is 1. The Bertz CT molecular complexity index is 163. The van der Waals surface area contributed by atoms with Crippen LogP contribution in [-0.2, 0) is 14.3 Å². The molecule has 0 radical (unpaired) electrons. The summed E-state index contributed by atoms with van der Waals surface area (Å²) in [4.78, 5) is 11.0. The van der Waals surface area contributed by atoms with Gasteiger partial charge in [-0.2, -0.15) is 0 Å². The maximum Gasteiger partial charge on any atom is 0.310 e. The van der Waals surface area contributed by atoms with Gasteiger partial charge < -0.3 is 9.47 Å². The van der Waals surface area contributed by atoms with Crippen molar-refractivity contribution in [2.75, 3.05) is 13.7 Å². The van der Waals surface area contributed by atoms with Crippen LogP contribution in [0.5, 0.6) is 0 Å². The molecule has 0 N–H and O–H groups in total. The first-order valence-corrected chi connectivity index (χ1v) is 3.89. The molecule has 3 heteroatoms. The lowest BCUT2D eigenvalue weighted by Crippen LogP contribution is -2.19. The molecule has 12 heavy (non-hydrogen) atoms. The van der Waals surface area contributed by atoms with E-state index in [-0.39, 0.29) is 18.5 Å². The van der Waals surface area contributed by atoms with Crippen LogP contribution >= 0.6 is 0 Å². The fourth-order valence-electron chi connectivity index (χ4n) is 0.781. The van der Waals surface area contributed by atoms with Crippen molar-refractivity contribution in [2.24, 2.45) is 0 Å². The molecule has 0 aromatic carbocycles. The van der Waals surface area contributed by atoms with Crippen molar-refractivity contribution in [3.05, 3.63) is 12.2 Å². The molecule has 0 spiro atoms. The molecule has 0 amide bonds. The Morgan fingerprint density at radius 1 is 1.58 bits per heavy atom. The van der Waals surface area contributed by atoms with Crippen LogP contribution in [0.1, 0.15) is 20.3 Å². The largest absolute Gasteiger partial charge is 0.460 e. The first-order valence-electron chi connectivity index (χ1n) is 3.89. The van der Waals surface area contributed by atoms with Crippen LogP contribution in [0.2, 0.25) is 0 Å². The Hall–Kier alpha value is -0.830. The molecule has 0 rings (SSSR count). The molecular weight excluding hydrogens is 156 g/mol. The second-order valence-corrected chi connectivity index (χ2v) is 2.89. The summed E-state index contributed by atoms with van der Waals surface area (Å²) in [5, 5.41) is 0. The van der Waals surface area contributed by atoms with E-state index in [0.29, 0.717) is 6.61 Å². The molecule has 1 atom stereocenters. The van der Waals surface area contributed by atoms with E-state index < -0.39 is 0 Å². The molecule has 0 aromatic heterocycles. The first kappa shape index (κ1) is 11.2. The fraction of sp³-hybridized carbons (Fsp3) is 0.667. The van der Waals surface area contributed by atoms with Crippen molar-refractivity contribution in [2.45, 2.75) is 26.4 Å². The Labute approximate surface area is 73.4 Å². The topological polar surface area (TPSA) is 35.5 Å². The summed E-state index contributed by atoms with van der Waals surface area (Å²) in [5.74, 6) is -0.243. The van der Waals surface area contributed by atoms with E-state index in [2.05, 4.69) is 6.58 Å². The normalized spacial score (nSPS) is 12.2. The molecule has 0 aromatic rings. The zero-order valence-electron chi connectivity index (χ0n) is 7.92. The van der Waals surface area contributed by atoms with Gasteiger partial charge in [0.25, 0.3) is 0 Å². The summed E-state index contributed by atoms with van der Waals surface area (Å²) in [6, 6.07) is 0. The molecule has 0 saturated carbocycles. The number of rotatable bonds is 5. The van der Waals surface area contributed by atoms with E-state index in [1.165, 1.54) is 0 Å². The van der Waals surface area contributed by atoms with Gasteiger partial charge in [-0.05, 0) is 13.8 Å². The molecule has 0 saturated heterocycles. The lowest BCUT2D eigenvalue weighted by atomic mass is 10.2. The summed E-state index contributed by atoms with van der Waals surface area (Å²) in [7, 11) is 1.57. The maximum atomic E-state index is 11.0. The summed E-state index contributed by atoms with van der Waals surface area (Å²) in [6.07, 6.45) is 0.107. The van der Waals surface area contributed by atoms with Crippen molar-refractivity contribution in [1.29, 1.82) is 0 Å². The maximum absolute atomic E-state index is 11.0. The van der Waals surface area contributed by atoms with Crippen molar-refractivity contribution >= 4 is 5.97 Å². The van der Waals surface area contributed by atoms with Gasteiger partial charge >= 0.3 is 5.97 Å². The zero-order chi connectivity index (χ0) is 9.56. The number of carbonyl (C=O) groups excluding carboxylic acids is 1. The van der Waals surface area contributed by atoms with E-state index in [9.17, 15) is 4.79 Å². The zero-order valence-corrected chi connectivity index (χ0v) is 7.92. The Balaban J connectivity index is 3.61. The van der Waals surface area contributed by atoms with Crippen LogP contribution in [0.3, 0.4) is 0 Å². The molecule has 1 unspecified atom stereocenters. The van der Waals surface area contributed by atoms with Gasteiger partial charge in [0, 0.05) is 7.11 Å². The van der Waals surface area contributed by atoms with Crippen LogP contribution in [0, 0.1) is 0 Å².